The molecule has 5 N–H and O–H groups in total. The van der Waals surface area contributed by atoms with E-state index in [9.17, 15) is 43.5 Å². The smallest absolute Gasteiger partial charge is 0.339 e. The zero-order valence-electron chi connectivity index (χ0n) is 51.5. The van der Waals surface area contributed by atoms with Crippen LogP contribution in [0.1, 0.15) is 122 Å². The highest BCUT2D eigenvalue weighted by Gasteiger charge is 2.61. The number of carbonyl (C=O) groups excluding carboxylic acids is 3. The number of aliphatic hydroxyl groups excluding tert-OH is 1. The maximum atomic E-state index is 12.0. The van der Waals surface area contributed by atoms with Gasteiger partial charge in [0, 0.05) is 20.8 Å². The normalized spacial score (nSPS) is 26.8. The number of aromatic amines is 3. The van der Waals surface area contributed by atoms with E-state index in [1.165, 1.54) is 70.2 Å². The molecule has 0 amide bonds. The average Bonchev–Trinajstić information content (AvgIpc) is 1.64. The number of carbonyl (C=O) groups is 3. The molecular formula is C52H78Cl3N12O17PSi2. The molecule has 35 heteroatoms. The maximum Gasteiger partial charge on any atom is 0.339 e. The van der Waals surface area contributed by atoms with Gasteiger partial charge in [-0.1, -0.05) is 55.4 Å². The van der Waals surface area contributed by atoms with Gasteiger partial charge in [-0.3, -0.25) is 47.0 Å². The number of ether oxygens (including phenoxy) is 6. The average molecular weight is 1340 g/mol. The molecule has 3 aliphatic rings. The first-order chi connectivity index (χ1) is 40.1. The van der Waals surface area contributed by atoms with E-state index in [0.717, 1.165) is 0 Å². The van der Waals surface area contributed by atoms with Crippen molar-refractivity contribution in [1.29, 1.82) is 0 Å². The lowest BCUT2D eigenvalue weighted by molar-refractivity contribution is -0.183. The van der Waals surface area contributed by atoms with Crippen molar-refractivity contribution in [2.75, 3.05) is 6.61 Å². The summed E-state index contributed by atoms with van der Waals surface area (Å²) in [6.07, 6.45) is 2.58. The Hall–Kier alpha value is -5.29. The highest BCUT2D eigenvalue weighted by molar-refractivity contribution is 8.24. The van der Waals surface area contributed by atoms with Crippen LogP contribution in [0.2, 0.25) is 36.3 Å². The predicted octanol–water partition coefficient (Wildman–Crippen LogP) is 7.39. The second-order valence-electron chi connectivity index (χ2n) is 24.4. The zero-order chi connectivity index (χ0) is 65.3. The topological polar surface area (TPSA) is 373 Å². The first-order valence-corrected chi connectivity index (χ1v) is 38.0. The van der Waals surface area contributed by atoms with Crippen molar-refractivity contribution in [3.63, 3.8) is 0 Å². The van der Waals surface area contributed by atoms with Gasteiger partial charge < -0.3 is 62.4 Å². The highest BCUT2D eigenvalue weighted by Crippen LogP contribution is 2.61. The Balaban J connectivity index is 0.000000201. The van der Waals surface area contributed by atoms with E-state index in [4.69, 9.17) is 37.3 Å². The van der Waals surface area contributed by atoms with Crippen LogP contribution in [0.3, 0.4) is 0 Å². The van der Waals surface area contributed by atoms with E-state index >= 15 is 0 Å². The molecule has 6 aromatic rings. The Kier molecular flexibility index (Phi) is 22.0. The summed E-state index contributed by atoms with van der Waals surface area (Å²) in [6, 6.07) is 0. The zero-order valence-corrected chi connectivity index (χ0v) is 56.6. The Morgan fingerprint density at radius 1 is 0.644 bits per heavy atom. The van der Waals surface area contributed by atoms with E-state index in [1.807, 2.05) is 13.8 Å². The molecule has 3 aliphatic heterocycles. The minimum atomic E-state index is -3.22. The molecule has 3 fully saturated rings. The summed E-state index contributed by atoms with van der Waals surface area (Å²) in [5.74, 6) is -1.86. The minimum absolute atomic E-state index is 0.00598. The molecule has 0 aromatic carbocycles. The molecule has 0 bridgehead atoms. The van der Waals surface area contributed by atoms with Gasteiger partial charge in [0.05, 0.1) is 50.2 Å². The first-order valence-electron chi connectivity index (χ1n) is 27.7. The molecule has 29 nitrogen and oxygen atoms in total. The van der Waals surface area contributed by atoms with Crippen LogP contribution in [0.15, 0.2) is 52.3 Å². The minimum Gasteiger partial charge on any atom is -0.463 e. The van der Waals surface area contributed by atoms with Crippen molar-refractivity contribution in [1.82, 2.24) is 58.6 Å². The third kappa shape index (κ3) is 15.8. The maximum absolute atomic E-state index is 12.0. The Morgan fingerprint density at radius 2 is 1.05 bits per heavy atom. The molecule has 9 rings (SSSR count). The van der Waals surface area contributed by atoms with Crippen LogP contribution in [0.25, 0.3) is 33.5 Å². The van der Waals surface area contributed by atoms with Crippen LogP contribution in [-0.2, 0) is 56.2 Å². The number of rotatable bonds is 13. The van der Waals surface area contributed by atoms with Crippen LogP contribution >= 0.6 is 38.9 Å². The molecular weight excluding hydrogens is 1260 g/mol. The molecule has 3 saturated heterocycles. The standard InChI is InChI=1S/C18H30N4O4Si.C17H20N4O8.C17H28N4O4Si.Cl3OP/c1-8-11-18(5,24)13(26-27(6,7)17(2,3)4)16(25-11)22-10-21-12-14(22)19-9-20-15(12)23;1-8(22)26-5-11-17(4,29-10(3)24)13(27-9(2)23)16(28-11)21-7-20-12-14(21)18-6-19-15(12)25;1-7-10-12(22)13(25-26(5,6)17(2,3)4)16(24-10)21-9-20-11-14(21)18-8-19-15(11)23;1-5(2,3)4/h9-11,13,16,24H,8H2,1-7H3,(H,19,20,23);6-7,11,13,16H,5H2,1-4H3,(H,18,19,25);8-10,12-13,16,22H,7H2,1-6H3,(H,18,19,23);/t11-,13+,16-,18+;11-,13+,16-,17+;10-,12-,13-,16-;/m111./s1. The summed E-state index contributed by atoms with van der Waals surface area (Å²) < 4.78 is 61.7. The van der Waals surface area contributed by atoms with Gasteiger partial charge in [-0.15, -0.1) is 0 Å². The fourth-order valence-electron chi connectivity index (χ4n) is 9.55. The van der Waals surface area contributed by atoms with E-state index in [2.05, 4.69) is 146 Å². The number of hydrogen-bond acceptors (Lipinski definition) is 23. The fraction of sp³-hybridized carbons (Fsp3) is 0.654. The van der Waals surface area contributed by atoms with Crippen molar-refractivity contribution in [3.8, 4) is 0 Å². The van der Waals surface area contributed by atoms with Gasteiger partial charge in [-0.25, -0.2) is 29.9 Å². The monoisotopic (exact) mass is 1330 g/mol. The van der Waals surface area contributed by atoms with Crippen LogP contribution < -0.4 is 16.7 Å². The van der Waals surface area contributed by atoms with E-state index in [-0.39, 0.29) is 56.1 Å². The highest BCUT2D eigenvalue weighted by atomic mass is 36.0. The predicted molar refractivity (Wildman–Crippen MR) is 325 cm³/mol. The lowest BCUT2D eigenvalue weighted by atomic mass is 9.93. The van der Waals surface area contributed by atoms with Crippen LogP contribution in [0.4, 0.5) is 0 Å². The van der Waals surface area contributed by atoms with E-state index in [1.54, 1.807) is 16.1 Å². The van der Waals surface area contributed by atoms with Crippen molar-refractivity contribution < 1.29 is 66.4 Å². The number of imidazole rings is 3. The number of fused-ring (bicyclic) bond motifs is 3. The summed E-state index contributed by atoms with van der Waals surface area (Å²) in [5.41, 5.74) is -2.18. The largest absolute Gasteiger partial charge is 0.463 e. The van der Waals surface area contributed by atoms with Gasteiger partial charge >= 0.3 is 23.1 Å². The van der Waals surface area contributed by atoms with Crippen molar-refractivity contribution >= 4 is 107 Å². The Labute approximate surface area is 516 Å². The van der Waals surface area contributed by atoms with Crippen molar-refractivity contribution in [3.05, 3.63) is 69.0 Å². The second-order valence-corrected chi connectivity index (χ2v) is 40.6. The number of esters is 3. The molecule has 482 valence electrons. The number of halogens is 3. The number of H-pyrrole nitrogens is 3. The van der Waals surface area contributed by atoms with E-state index < -0.39 is 112 Å². The second kappa shape index (κ2) is 27.0. The van der Waals surface area contributed by atoms with Gasteiger partial charge in [0.15, 0.2) is 80.5 Å². The van der Waals surface area contributed by atoms with Crippen LogP contribution in [0.5, 0.6) is 0 Å². The van der Waals surface area contributed by atoms with Crippen molar-refractivity contribution in [2.45, 2.75) is 212 Å². The van der Waals surface area contributed by atoms with Crippen molar-refractivity contribution in [2.24, 2.45) is 0 Å². The van der Waals surface area contributed by atoms with E-state index in [0.29, 0.717) is 24.1 Å². The van der Waals surface area contributed by atoms with Crippen LogP contribution in [0, 0.1) is 0 Å². The summed E-state index contributed by atoms with van der Waals surface area (Å²) in [6.45, 7) is 32.1. The Morgan fingerprint density at radius 3 is 1.43 bits per heavy atom. The number of aromatic nitrogens is 12. The molecule has 0 saturated carbocycles. The molecule has 0 radical (unpaired) electrons. The molecule has 6 aromatic heterocycles. The van der Waals surface area contributed by atoms with Gasteiger partial charge in [-0.2, -0.15) is 0 Å². The summed E-state index contributed by atoms with van der Waals surface area (Å²) in [7, 11) is -4.34. The first kappa shape index (κ1) is 70.8. The number of aliphatic hydroxyl groups is 2. The number of nitrogens with zero attached hydrogens (tertiary/aromatic N) is 9. The summed E-state index contributed by atoms with van der Waals surface area (Å²) in [4.78, 5) is 103. The lowest BCUT2D eigenvalue weighted by Crippen LogP contribution is -2.53. The molecule has 0 unspecified atom stereocenters. The summed E-state index contributed by atoms with van der Waals surface area (Å²) >= 11 is 13.8. The van der Waals surface area contributed by atoms with Gasteiger partial charge in [0.25, 0.3) is 16.7 Å². The third-order valence-corrected chi connectivity index (χ3v) is 25.1. The molecule has 87 heavy (non-hydrogen) atoms. The number of nitrogens with one attached hydrogen (secondary N) is 3. The summed E-state index contributed by atoms with van der Waals surface area (Å²) in [5, 5.41) is 18.9. The molecule has 9 heterocycles. The van der Waals surface area contributed by atoms with Gasteiger partial charge in [0.1, 0.15) is 36.6 Å². The van der Waals surface area contributed by atoms with Crippen LogP contribution in [-0.4, -0.2) is 164 Å². The fourth-order valence-corrected chi connectivity index (χ4v) is 12.2. The number of hydrogen-bond donors (Lipinski definition) is 5. The van der Waals surface area contributed by atoms with Gasteiger partial charge in [0.2, 0.25) is 0 Å². The molecule has 0 spiro atoms. The molecule has 12 atom stereocenters. The third-order valence-electron chi connectivity index (χ3n) is 16.1. The quantitative estimate of drug-likeness (QED) is 0.0325. The SMILES string of the molecule is CC(=O)OC[C@H]1O[C@@H](n2cnc3c(=O)[nH]cnc32)[C@H](OC(C)=O)[C@@]1(C)OC(C)=O.CC[C@H]1O[C@@H](n2cnc3c(=O)[nH]cnc32)[C@H](O[Si](C)(C)C(C)(C)C)[C@@H]1O.CC[C@H]1O[C@@H](n2cnc3c(=O)[nH]cnc32)[C@H](O[Si](C)(C)C(C)(C)C)[C@@]1(C)O.O=P(Cl)(Cl)Cl. The molecule has 0 aliphatic carbocycles. The Bertz CT molecular complexity index is 3640. The van der Waals surface area contributed by atoms with Gasteiger partial charge in [-0.05, 0) is 96.7 Å². The lowest BCUT2D eigenvalue weighted by Gasteiger charge is -2.42.